The zero-order valence-corrected chi connectivity index (χ0v) is 21.2. The lowest BCUT2D eigenvalue weighted by molar-refractivity contribution is -0.253. The average Bonchev–Trinajstić information content (AvgIpc) is 3.28. The topological polar surface area (TPSA) is 58.9 Å². The van der Waals surface area contributed by atoms with E-state index >= 15 is 0 Å². The highest BCUT2D eigenvalue weighted by atomic mass is 17.1. The first-order chi connectivity index (χ1) is 19.3. The zero-order chi connectivity index (χ0) is 26.4. The Bertz CT molecular complexity index is 1720. The number of hydrogen-bond donors (Lipinski definition) is 2. The zero-order valence-electron chi connectivity index (χ0n) is 21.2. The van der Waals surface area contributed by atoms with E-state index in [9.17, 15) is 10.5 Å². The second-order valence-corrected chi connectivity index (χ2v) is 10.1. The molecule has 4 nitrogen and oxygen atoms in total. The molecular formula is C35H26O4. The molecule has 0 saturated heterocycles. The molecule has 7 rings (SSSR count). The molecule has 0 heterocycles. The maximum absolute atomic E-state index is 9.44. The molecule has 0 bridgehead atoms. The van der Waals surface area contributed by atoms with Gasteiger partial charge in [0.05, 0.1) is 5.41 Å². The summed E-state index contributed by atoms with van der Waals surface area (Å²) in [5.74, 6) is 0. The van der Waals surface area contributed by atoms with Crippen LogP contribution in [0.4, 0.5) is 0 Å². The van der Waals surface area contributed by atoms with Crippen molar-refractivity contribution in [2.75, 3.05) is 0 Å². The fourth-order valence-corrected chi connectivity index (χ4v) is 6.64. The maximum Gasteiger partial charge on any atom is 0.107 e. The molecule has 39 heavy (non-hydrogen) atoms. The van der Waals surface area contributed by atoms with Crippen LogP contribution in [0.25, 0.3) is 32.7 Å². The van der Waals surface area contributed by atoms with Crippen molar-refractivity contribution >= 4 is 21.5 Å². The van der Waals surface area contributed by atoms with E-state index in [0.29, 0.717) is 0 Å². The molecule has 0 aliphatic heterocycles. The molecule has 0 spiro atoms. The lowest BCUT2D eigenvalue weighted by atomic mass is 9.65. The Balaban J connectivity index is 1.73. The molecular weight excluding hydrogens is 484 g/mol. The number of hydrogen-bond acceptors (Lipinski definition) is 4. The number of benzene rings is 6. The van der Waals surface area contributed by atoms with Crippen LogP contribution in [0, 0.1) is 0 Å². The van der Waals surface area contributed by atoms with Gasteiger partial charge in [0.25, 0.3) is 0 Å². The van der Waals surface area contributed by atoms with Gasteiger partial charge in [0.2, 0.25) is 0 Å². The van der Waals surface area contributed by atoms with Gasteiger partial charge in [-0.25, -0.2) is 9.78 Å². The summed E-state index contributed by atoms with van der Waals surface area (Å²) in [4.78, 5) is 9.30. The second-order valence-electron chi connectivity index (χ2n) is 10.1. The predicted octanol–water partition coefficient (Wildman–Crippen LogP) is 8.34. The van der Waals surface area contributed by atoms with Crippen LogP contribution in [0.1, 0.15) is 33.4 Å². The Kier molecular flexibility index (Phi) is 5.76. The van der Waals surface area contributed by atoms with Crippen molar-refractivity contribution in [2.24, 2.45) is 0 Å². The summed E-state index contributed by atoms with van der Waals surface area (Å²) < 4.78 is 0. The van der Waals surface area contributed by atoms with Crippen LogP contribution in [0.3, 0.4) is 0 Å². The molecule has 0 unspecified atom stereocenters. The third-order valence-corrected chi connectivity index (χ3v) is 8.07. The first-order valence-electron chi connectivity index (χ1n) is 13.0. The van der Waals surface area contributed by atoms with Gasteiger partial charge in [-0.3, -0.25) is 10.5 Å². The molecule has 1 aliphatic rings. The van der Waals surface area contributed by atoms with Crippen molar-refractivity contribution in [3.05, 3.63) is 155 Å². The van der Waals surface area contributed by atoms with E-state index in [-0.39, 0.29) is 13.2 Å². The summed E-state index contributed by atoms with van der Waals surface area (Å²) in [6.07, 6.45) is 0. The SMILES string of the molecule is OOCc1cc(C2(c3cc(COO)cc4ccccc34)c3ccccc3-c3ccccc32)c2ccccc2c1. The molecule has 0 fully saturated rings. The summed E-state index contributed by atoms with van der Waals surface area (Å²) >= 11 is 0. The van der Waals surface area contributed by atoms with Gasteiger partial charge < -0.3 is 0 Å². The molecule has 0 saturated carbocycles. The summed E-state index contributed by atoms with van der Waals surface area (Å²) in [5.41, 5.74) is 8.04. The van der Waals surface area contributed by atoms with Crippen molar-refractivity contribution < 1.29 is 20.3 Å². The van der Waals surface area contributed by atoms with Gasteiger partial charge in [0.1, 0.15) is 13.2 Å². The first kappa shape index (κ1) is 23.8. The Morgan fingerprint density at radius 3 is 1.33 bits per heavy atom. The first-order valence-corrected chi connectivity index (χ1v) is 13.0. The van der Waals surface area contributed by atoms with Crippen molar-refractivity contribution in [1.82, 2.24) is 0 Å². The fourth-order valence-electron chi connectivity index (χ4n) is 6.64. The van der Waals surface area contributed by atoms with E-state index in [2.05, 4.69) is 119 Å². The lowest BCUT2D eigenvalue weighted by Crippen LogP contribution is -2.30. The maximum atomic E-state index is 9.44. The minimum Gasteiger partial charge on any atom is -0.251 e. The van der Waals surface area contributed by atoms with Crippen LogP contribution in [0.5, 0.6) is 0 Å². The van der Waals surface area contributed by atoms with Crippen molar-refractivity contribution in [1.29, 1.82) is 0 Å². The lowest BCUT2D eigenvalue weighted by Gasteiger charge is -2.36. The predicted molar refractivity (Wildman–Crippen MR) is 154 cm³/mol. The molecule has 0 aromatic heterocycles. The molecule has 1 aliphatic carbocycles. The van der Waals surface area contributed by atoms with Gasteiger partial charge in [-0.15, -0.1) is 0 Å². The minimum atomic E-state index is -0.691. The minimum absolute atomic E-state index is 0.0797. The van der Waals surface area contributed by atoms with E-state index in [1.165, 1.54) is 22.3 Å². The molecule has 190 valence electrons. The molecule has 4 heteroatoms. The van der Waals surface area contributed by atoms with Crippen LogP contribution >= 0.6 is 0 Å². The van der Waals surface area contributed by atoms with E-state index < -0.39 is 5.41 Å². The standard InChI is InChI=1S/C35H26O4/c36-38-21-23-17-25-9-1-3-11-27(25)33(19-23)35(31-15-7-5-13-29(31)30-14-6-8-16-32(30)35)34-20-24(22-39-37)18-26-10-2-4-12-28(26)34/h1-20,36-37H,21-22H2. The van der Waals surface area contributed by atoms with Gasteiger partial charge in [-0.1, -0.05) is 109 Å². The third-order valence-electron chi connectivity index (χ3n) is 8.07. The van der Waals surface area contributed by atoms with Crippen LogP contribution in [-0.4, -0.2) is 10.5 Å². The highest BCUT2D eigenvalue weighted by molar-refractivity contribution is 5.98. The molecule has 0 radical (unpaired) electrons. The van der Waals surface area contributed by atoms with Crippen molar-refractivity contribution in [3.8, 4) is 11.1 Å². The van der Waals surface area contributed by atoms with E-state index in [4.69, 9.17) is 0 Å². The molecule has 0 atom stereocenters. The van der Waals surface area contributed by atoms with E-state index in [1.807, 2.05) is 12.1 Å². The van der Waals surface area contributed by atoms with Crippen LogP contribution in [0.15, 0.2) is 121 Å². The Morgan fingerprint density at radius 1 is 0.462 bits per heavy atom. The van der Waals surface area contributed by atoms with E-state index in [1.54, 1.807) is 0 Å². The smallest absolute Gasteiger partial charge is 0.107 e. The van der Waals surface area contributed by atoms with Crippen molar-refractivity contribution in [3.63, 3.8) is 0 Å². The Labute approximate surface area is 226 Å². The van der Waals surface area contributed by atoms with Gasteiger partial charge in [0.15, 0.2) is 0 Å². The summed E-state index contributed by atoms with van der Waals surface area (Å²) in [7, 11) is 0. The monoisotopic (exact) mass is 510 g/mol. The summed E-state index contributed by atoms with van der Waals surface area (Å²) in [6.45, 7) is 0.159. The molecule has 6 aromatic carbocycles. The fraction of sp³-hybridized carbons (Fsp3) is 0.0857. The number of rotatable bonds is 6. The number of fused-ring (bicyclic) bond motifs is 5. The van der Waals surface area contributed by atoms with Gasteiger partial charge in [-0.05, 0) is 78.2 Å². The van der Waals surface area contributed by atoms with Crippen molar-refractivity contribution in [2.45, 2.75) is 18.6 Å². The molecule has 2 N–H and O–H groups in total. The normalized spacial score (nSPS) is 13.5. The molecule has 6 aromatic rings. The van der Waals surface area contributed by atoms with Gasteiger partial charge in [0, 0.05) is 0 Å². The largest absolute Gasteiger partial charge is 0.251 e. The highest BCUT2D eigenvalue weighted by Gasteiger charge is 2.47. The van der Waals surface area contributed by atoms with E-state index in [0.717, 1.165) is 43.8 Å². The summed E-state index contributed by atoms with van der Waals surface area (Å²) in [6, 6.07) is 42.5. The van der Waals surface area contributed by atoms with Gasteiger partial charge >= 0.3 is 0 Å². The quantitative estimate of drug-likeness (QED) is 0.174. The third kappa shape index (κ3) is 3.54. The molecule has 0 amide bonds. The summed E-state index contributed by atoms with van der Waals surface area (Å²) in [5, 5.41) is 23.3. The Hall–Kier alpha value is -4.32. The highest BCUT2D eigenvalue weighted by Crippen LogP contribution is 2.58. The second kappa shape index (κ2) is 9.45. The van der Waals surface area contributed by atoms with Crippen LogP contribution in [0.2, 0.25) is 0 Å². The van der Waals surface area contributed by atoms with Gasteiger partial charge in [-0.2, -0.15) is 0 Å². The Morgan fingerprint density at radius 2 is 0.872 bits per heavy atom. The van der Waals surface area contributed by atoms with Crippen LogP contribution in [-0.2, 0) is 28.4 Å². The average molecular weight is 511 g/mol. The van der Waals surface area contributed by atoms with Crippen LogP contribution < -0.4 is 0 Å².